The molecule has 0 aromatic carbocycles. The molecule has 3 heterocycles. The quantitative estimate of drug-likeness (QED) is 0.652. The van der Waals surface area contributed by atoms with Gasteiger partial charge in [-0.2, -0.15) is 0 Å². The zero-order chi connectivity index (χ0) is 14.4. The number of aliphatic hydroxyl groups excluding tert-OH is 3. The van der Waals surface area contributed by atoms with E-state index < -0.39 is 31.1 Å². The van der Waals surface area contributed by atoms with Crippen molar-refractivity contribution in [3.63, 3.8) is 0 Å². The number of pyridine rings is 1. The van der Waals surface area contributed by atoms with E-state index in [1.165, 1.54) is 10.8 Å². The maximum absolute atomic E-state index is 12.4. The van der Waals surface area contributed by atoms with Gasteiger partial charge < -0.3 is 24.6 Å². The van der Waals surface area contributed by atoms with Crippen LogP contribution in [0.2, 0.25) is 0 Å². The minimum atomic E-state index is -1.26. The molecule has 0 spiro atoms. The number of aryl methyl sites for hydroxylation is 1. The summed E-state index contributed by atoms with van der Waals surface area (Å²) in [7, 11) is 1.83. The first-order valence-electron chi connectivity index (χ1n) is 6.33. The van der Waals surface area contributed by atoms with E-state index in [0.29, 0.717) is 5.39 Å². The normalized spacial score (nSPS) is 30.2. The molecule has 2 aromatic heterocycles. The van der Waals surface area contributed by atoms with E-state index in [-0.39, 0.29) is 5.56 Å². The van der Waals surface area contributed by atoms with Crippen LogP contribution in [0.5, 0.6) is 0 Å². The predicted octanol–water partition coefficient (Wildman–Crippen LogP) is -1.05. The van der Waals surface area contributed by atoms with Gasteiger partial charge in [0.1, 0.15) is 18.3 Å². The summed E-state index contributed by atoms with van der Waals surface area (Å²) in [5, 5.41) is 29.3. The molecule has 3 rings (SSSR count). The standard InChI is InChI=1S/C13H16N2O5/c1-14-4-2-7-8(14)3-5-15(12(7)19)13-11(18)10(17)9(6-16)20-13/h2-5,9-11,13,16-18H,6H2,1H3/t9-,10-,11+,13-/m1/s1. The molecule has 0 radical (unpaired) electrons. The molecule has 7 nitrogen and oxygen atoms in total. The smallest absolute Gasteiger partial charge is 0.262 e. The van der Waals surface area contributed by atoms with Gasteiger partial charge in [-0.05, 0) is 12.1 Å². The van der Waals surface area contributed by atoms with Crippen molar-refractivity contribution in [2.45, 2.75) is 24.5 Å². The fraction of sp³-hybridized carbons (Fsp3) is 0.462. The Labute approximate surface area is 114 Å². The van der Waals surface area contributed by atoms with Gasteiger partial charge in [0, 0.05) is 19.4 Å². The summed E-state index contributed by atoms with van der Waals surface area (Å²) in [6.07, 6.45) is -1.08. The lowest BCUT2D eigenvalue weighted by atomic mass is 10.1. The van der Waals surface area contributed by atoms with Gasteiger partial charge in [-0.25, -0.2) is 0 Å². The third-order valence-corrected chi connectivity index (χ3v) is 3.77. The Morgan fingerprint density at radius 2 is 2.00 bits per heavy atom. The summed E-state index contributed by atoms with van der Waals surface area (Å²) in [4.78, 5) is 12.4. The second-order valence-corrected chi connectivity index (χ2v) is 4.98. The van der Waals surface area contributed by atoms with Crippen LogP contribution in [-0.2, 0) is 11.8 Å². The Balaban J connectivity index is 2.07. The van der Waals surface area contributed by atoms with Crippen LogP contribution in [-0.4, -0.2) is 49.4 Å². The highest BCUT2D eigenvalue weighted by atomic mass is 16.6. The predicted molar refractivity (Wildman–Crippen MR) is 70.2 cm³/mol. The second-order valence-electron chi connectivity index (χ2n) is 4.98. The number of ether oxygens (including phenoxy) is 1. The van der Waals surface area contributed by atoms with E-state index in [0.717, 1.165) is 5.52 Å². The molecule has 2 aromatic rings. The summed E-state index contributed by atoms with van der Waals surface area (Å²) < 4.78 is 8.42. The number of aromatic nitrogens is 2. The van der Waals surface area contributed by atoms with Gasteiger partial charge in [-0.3, -0.25) is 9.36 Å². The fourth-order valence-corrected chi connectivity index (χ4v) is 2.60. The van der Waals surface area contributed by atoms with Gasteiger partial charge in [0.2, 0.25) is 0 Å². The lowest BCUT2D eigenvalue weighted by molar-refractivity contribution is -0.0541. The van der Waals surface area contributed by atoms with Crippen LogP contribution in [0, 0.1) is 0 Å². The van der Waals surface area contributed by atoms with E-state index in [9.17, 15) is 15.0 Å². The minimum absolute atomic E-state index is 0.307. The lowest BCUT2D eigenvalue weighted by Gasteiger charge is -2.17. The topological polar surface area (TPSA) is 96.9 Å². The van der Waals surface area contributed by atoms with Crippen LogP contribution >= 0.6 is 0 Å². The van der Waals surface area contributed by atoms with Crippen molar-refractivity contribution in [1.29, 1.82) is 0 Å². The van der Waals surface area contributed by atoms with Gasteiger partial charge in [0.05, 0.1) is 17.5 Å². The maximum Gasteiger partial charge on any atom is 0.262 e. The molecular formula is C13H16N2O5. The SMILES string of the molecule is Cn1ccc2c(=O)n([C@@H]3O[C@H](CO)[C@@H](O)[C@@H]3O)ccc21. The highest BCUT2D eigenvalue weighted by molar-refractivity contribution is 5.78. The molecule has 0 amide bonds. The van der Waals surface area contributed by atoms with Gasteiger partial charge in [-0.1, -0.05) is 0 Å². The number of hydrogen-bond acceptors (Lipinski definition) is 5. The third-order valence-electron chi connectivity index (χ3n) is 3.77. The van der Waals surface area contributed by atoms with Gasteiger partial charge in [-0.15, -0.1) is 0 Å². The van der Waals surface area contributed by atoms with Crippen molar-refractivity contribution in [3.05, 3.63) is 34.9 Å². The average molecular weight is 280 g/mol. The summed E-state index contributed by atoms with van der Waals surface area (Å²) >= 11 is 0. The molecule has 4 atom stereocenters. The van der Waals surface area contributed by atoms with E-state index in [1.54, 1.807) is 18.3 Å². The Morgan fingerprint density at radius 3 is 2.65 bits per heavy atom. The summed E-state index contributed by atoms with van der Waals surface area (Å²) in [5.41, 5.74) is 0.468. The van der Waals surface area contributed by atoms with Gasteiger partial charge in [0.15, 0.2) is 6.23 Å². The number of aliphatic hydroxyl groups is 3. The largest absolute Gasteiger partial charge is 0.394 e. The average Bonchev–Trinajstić information content (AvgIpc) is 2.95. The Morgan fingerprint density at radius 1 is 1.25 bits per heavy atom. The van der Waals surface area contributed by atoms with Gasteiger partial charge >= 0.3 is 0 Å². The van der Waals surface area contributed by atoms with Crippen LogP contribution in [0.15, 0.2) is 29.3 Å². The molecule has 1 fully saturated rings. The molecule has 7 heteroatoms. The minimum Gasteiger partial charge on any atom is -0.394 e. The van der Waals surface area contributed by atoms with Crippen molar-refractivity contribution in [2.75, 3.05) is 6.61 Å². The lowest BCUT2D eigenvalue weighted by Crippen LogP contribution is -2.35. The molecule has 108 valence electrons. The summed E-state index contributed by atoms with van der Waals surface area (Å²) in [6, 6.07) is 3.43. The molecular weight excluding hydrogens is 264 g/mol. The summed E-state index contributed by atoms with van der Waals surface area (Å²) in [5.74, 6) is 0. The van der Waals surface area contributed by atoms with E-state index >= 15 is 0 Å². The zero-order valence-electron chi connectivity index (χ0n) is 10.9. The molecule has 20 heavy (non-hydrogen) atoms. The molecule has 0 aliphatic carbocycles. The fourth-order valence-electron chi connectivity index (χ4n) is 2.60. The van der Waals surface area contributed by atoms with Crippen LogP contribution in [0.25, 0.3) is 10.9 Å². The molecule has 0 unspecified atom stereocenters. The van der Waals surface area contributed by atoms with Crippen molar-refractivity contribution < 1.29 is 20.1 Å². The summed E-state index contributed by atoms with van der Waals surface area (Å²) in [6.45, 7) is -0.420. The zero-order valence-corrected chi connectivity index (χ0v) is 10.9. The van der Waals surface area contributed by atoms with Crippen molar-refractivity contribution >= 4 is 10.9 Å². The first-order valence-corrected chi connectivity index (χ1v) is 6.33. The maximum atomic E-state index is 12.4. The first-order chi connectivity index (χ1) is 9.54. The highest BCUT2D eigenvalue weighted by Crippen LogP contribution is 2.28. The molecule has 3 N–H and O–H groups in total. The molecule has 0 saturated carbocycles. The molecule has 1 saturated heterocycles. The second kappa shape index (κ2) is 4.71. The van der Waals surface area contributed by atoms with Crippen molar-refractivity contribution in [1.82, 2.24) is 9.13 Å². The first kappa shape index (κ1) is 13.3. The van der Waals surface area contributed by atoms with Crippen molar-refractivity contribution in [3.8, 4) is 0 Å². The van der Waals surface area contributed by atoms with Crippen LogP contribution in [0.4, 0.5) is 0 Å². The number of nitrogens with zero attached hydrogens (tertiary/aromatic N) is 2. The van der Waals surface area contributed by atoms with E-state index in [2.05, 4.69) is 0 Å². The number of rotatable bonds is 2. The highest BCUT2D eigenvalue weighted by Gasteiger charge is 2.43. The van der Waals surface area contributed by atoms with E-state index in [1.807, 2.05) is 11.6 Å². The van der Waals surface area contributed by atoms with Gasteiger partial charge in [0.25, 0.3) is 5.56 Å². The number of fused-ring (bicyclic) bond motifs is 1. The van der Waals surface area contributed by atoms with Crippen LogP contribution in [0.1, 0.15) is 6.23 Å². The molecule has 1 aliphatic rings. The Hall–Kier alpha value is -1.67. The molecule has 1 aliphatic heterocycles. The monoisotopic (exact) mass is 280 g/mol. The third kappa shape index (κ3) is 1.79. The van der Waals surface area contributed by atoms with Crippen molar-refractivity contribution in [2.24, 2.45) is 7.05 Å². The molecule has 0 bridgehead atoms. The van der Waals surface area contributed by atoms with Crippen LogP contribution in [0.3, 0.4) is 0 Å². The number of hydrogen-bond donors (Lipinski definition) is 3. The Kier molecular flexibility index (Phi) is 3.14. The van der Waals surface area contributed by atoms with E-state index in [4.69, 9.17) is 9.84 Å². The Bertz CT molecular complexity index is 692. The van der Waals surface area contributed by atoms with Crippen LogP contribution < -0.4 is 5.56 Å².